The minimum atomic E-state index is -1.16. The third kappa shape index (κ3) is 2.39. The summed E-state index contributed by atoms with van der Waals surface area (Å²) in [7, 11) is 0. The zero-order valence-corrected chi connectivity index (χ0v) is 11.3. The molecule has 1 amide bonds. The lowest BCUT2D eigenvalue weighted by Gasteiger charge is -2.15. The van der Waals surface area contributed by atoms with Crippen molar-refractivity contribution >= 4 is 17.6 Å². The first-order chi connectivity index (χ1) is 9.54. The van der Waals surface area contributed by atoms with Crippen LogP contribution in [0.1, 0.15) is 13.3 Å². The number of carbonyl (C=O) groups excluding carboxylic acids is 2. The van der Waals surface area contributed by atoms with Crippen LogP contribution in [0.5, 0.6) is 5.75 Å². The topological polar surface area (TPSA) is 75.6 Å². The first-order valence-corrected chi connectivity index (χ1v) is 6.45. The van der Waals surface area contributed by atoms with Crippen LogP contribution in [0.3, 0.4) is 0 Å². The van der Waals surface area contributed by atoms with Crippen LogP contribution in [0.4, 0.5) is 5.69 Å². The van der Waals surface area contributed by atoms with E-state index in [1.165, 1.54) is 12.1 Å². The molecule has 1 aliphatic rings. The zero-order valence-electron chi connectivity index (χ0n) is 11.3. The second kappa shape index (κ2) is 5.36. The van der Waals surface area contributed by atoms with Gasteiger partial charge in [0.05, 0.1) is 6.61 Å². The molecule has 106 valence electrons. The number of carbonyl (C=O) groups is 2. The fourth-order valence-corrected chi connectivity index (χ4v) is 2.21. The van der Waals surface area contributed by atoms with Crippen LogP contribution in [-0.4, -0.2) is 23.6 Å². The Morgan fingerprint density at radius 1 is 1.50 bits per heavy atom. The van der Waals surface area contributed by atoms with Gasteiger partial charge in [-0.05, 0) is 37.6 Å². The number of phenols is 1. The lowest BCUT2D eigenvalue weighted by molar-refractivity contribution is -0.153. The number of anilines is 1. The van der Waals surface area contributed by atoms with Gasteiger partial charge in [0.25, 0.3) is 0 Å². The molecule has 0 spiro atoms. The smallest absolute Gasteiger partial charge is 0.322 e. The van der Waals surface area contributed by atoms with Crippen LogP contribution in [0.25, 0.3) is 0 Å². The summed E-state index contributed by atoms with van der Waals surface area (Å²) in [4.78, 5) is 24.4. The fraction of sp³-hybridized carbons (Fsp3) is 0.333. The largest absolute Gasteiger partial charge is 0.508 e. The number of aromatic hydroxyl groups is 1. The summed E-state index contributed by atoms with van der Waals surface area (Å²) >= 11 is 0. The van der Waals surface area contributed by atoms with E-state index in [2.05, 4.69) is 11.9 Å². The highest BCUT2D eigenvalue weighted by Crippen LogP contribution is 2.54. The Labute approximate surface area is 117 Å². The summed E-state index contributed by atoms with van der Waals surface area (Å²) < 4.78 is 4.99. The normalized spacial score (nSPS) is 23.8. The van der Waals surface area contributed by atoms with Crippen molar-refractivity contribution in [3.05, 3.63) is 36.9 Å². The van der Waals surface area contributed by atoms with E-state index in [1.807, 2.05) is 0 Å². The highest BCUT2D eigenvalue weighted by Gasteiger charge is 2.65. The summed E-state index contributed by atoms with van der Waals surface area (Å²) in [5, 5.41) is 11.9. The van der Waals surface area contributed by atoms with Crippen molar-refractivity contribution in [2.24, 2.45) is 11.3 Å². The Morgan fingerprint density at radius 3 is 2.65 bits per heavy atom. The van der Waals surface area contributed by atoms with Gasteiger partial charge in [-0.25, -0.2) is 0 Å². The van der Waals surface area contributed by atoms with Crippen LogP contribution in [0, 0.1) is 11.3 Å². The second-order valence-corrected chi connectivity index (χ2v) is 4.74. The predicted octanol–water partition coefficient (Wildman–Crippen LogP) is 2.09. The molecular formula is C15H17NO4. The molecule has 0 aromatic heterocycles. The molecule has 2 atom stereocenters. The Balaban J connectivity index is 2.15. The fourth-order valence-electron chi connectivity index (χ4n) is 2.21. The molecule has 0 aliphatic heterocycles. The first kappa shape index (κ1) is 14.1. The molecule has 1 fully saturated rings. The van der Waals surface area contributed by atoms with Crippen molar-refractivity contribution in [3.8, 4) is 5.75 Å². The lowest BCUT2D eigenvalue weighted by Crippen LogP contribution is -2.34. The predicted molar refractivity (Wildman–Crippen MR) is 74.1 cm³/mol. The number of ether oxygens (including phenoxy) is 1. The third-order valence-corrected chi connectivity index (χ3v) is 3.47. The molecule has 20 heavy (non-hydrogen) atoms. The van der Waals surface area contributed by atoms with E-state index < -0.39 is 17.3 Å². The molecule has 2 N–H and O–H groups in total. The van der Waals surface area contributed by atoms with Crippen molar-refractivity contribution in [2.45, 2.75) is 13.3 Å². The first-order valence-electron chi connectivity index (χ1n) is 6.45. The van der Waals surface area contributed by atoms with E-state index in [9.17, 15) is 14.7 Å². The second-order valence-electron chi connectivity index (χ2n) is 4.74. The maximum absolute atomic E-state index is 12.3. The average Bonchev–Trinajstić information content (AvgIpc) is 3.17. The number of hydrogen-bond acceptors (Lipinski definition) is 4. The molecule has 0 heterocycles. The SMILES string of the molecule is C=C[C@@H]1C[C@]1(C(=O)Nc1ccc(O)cc1)C(=O)OCC. The summed E-state index contributed by atoms with van der Waals surface area (Å²) in [5.74, 6) is -0.995. The highest BCUT2D eigenvalue weighted by atomic mass is 16.5. The Bertz CT molecular complexity index is 537. The van der Waals surface area contributed by atoms with Crippen LogP contribution in [0.2, 0.25) is 0 Å². The van der Waals surface area contributed by atoms with Crippen molar-refractivity contribution in [1.29, 1.82) is 0 Å². The van der Waals surface area contributed by atoms with Crippen molar-refractivity contribution < 1.29 is 19.4 Å². The molecule has 1 saturated carbocycles. The van der Waals surface area contributed by atoms with Crippen molar-refractivity contribution in [1.82, 2.24) is 0 Å². The Hall–Kier alpha value is -2.30. The quantitative estimate of drug-likeness (QED) is 0.373. The van der Waals surface area contributed by atoms with Gasteiger partial charge < -0.3 is 15.2 Å². The monoisotopic (exact) mass is 275 g/mol. The molecule has 0 saturated heterocycles. The van der Waals surface area contributed by atoms with Crippen LogP contribution < -0.4 is 5.32 Å². The number of benzene rings is 1. The van der Waals surface area contributed by atoms with Gasteiger partial charge in [-0.15, -0.1) is 6.58 Å². The molecule has 2 rings (SSSR count). The highest BCUT2D eigenvalue weighted by molar-refractivity contribution is 6.12. The van der Waals surface area contributed by atoms with E-state index in [1.54, 1.807) is 25.1 Å². The molecule has 5 heteroatoms. The molecular weight excluding hydrogens is 258 g/mol. The summed E-state index contributed by atoms with van der Waals surface area (Å²) in [5.41, 5.74) is -0.637. The molecule has 1 aromatic rings. The van der Waals surface area contributed by atoms with Crippen molar-refractivity contribution in [3.63, 3.8) is 0 Å². The number of allylic oxidation sites excluding steroid dienone is 1. The zero-order chi connectivity index (χ0) is 14.8. The Kier molecular flexibility index (Phi) is 3.79. The maximum Gasteiger partial charge on any atom is 0.322 e. The van der Waals surface area contributed by atoms with Gasteiger partial charge in [-0.1, -0.05) is 6.08 Å². The number of nitrogens with one attached hydrogen (secondary N) is 1. The molecule has 1 aliphatic carbocycles. The van der Waals surface area contributed by atoms with E-state index in [0.717, 1.165) is 0 Å². The van der Waals surface area contributed by atoms with E-state index >= 15 is 0 Å². The van der Waals surface area contributed by atoms with E-state index in [-0.39, 0.29) is 18.3 Å². The van der Waals surface area contributed by atoms with Gasteiger partial charge in [0.1, 0.15) is 5.75 Å². The van der Waals surface area contributed by atoms with E-state index in [0.29, 0.717) is 12.1 Å². The van der Waals surface area contributed by atoms with Crippen LogP contribution >= 0.6 is 0 Å². The summed E-state index contributed by atoms with van der Waals surface area (Å²) in [6.45, 7) is 5.58. The molecule has 0 bridgehead atoms. The summed E-state index contributed by atoms with van der Waals surface area (Å²) in [6.07, 6.45) is 2.02. The van der Waals surface area contributed by atoms with Crippen molar-refractivity contribution in [2.75, 3.05) is 11.9 Å². The van der Waals surface area contributed by atoms with Gasteiger partial charge in [-0.3, -0.25) is 9.59 Å². The lowest BCUT2D eigenvalue weighted by atomic mass is 10.0. The van der Waals surface area contributed by atoms with E-state index in [4.69, 9.17) is 4.74 Å². The number of phenolic OH excluding ortho intramolecular Hbond substituents is 1. The van der Waals surface area contributed by atoms with Gasteiger partial charge in [0.2, 0.25) is 5.91 Å². The molecule has 0 unspecified atom stereocenters. The minimum absolute atomic E-state index is 0.110. The third-order valence-electron chi connectivity index (χ3n) is 3.47. The number of hydrogen-bond donors (Lipinski definition) is 2. The molecule has 5 nitrogen and oxygen atoms in total. The maximum atomic E-state index is 12.3. The summed E-state index contributed by atoms with van der Waals surface area (Å²) in [6, 6.07) is 6.06. The standard InChI is InChI=1S/C15H17NO4/c1-3-10-9-15(10,14(19)20-4-2)13(18)16-11-5-7-12(17)8-6-11/h3,5-8,10,17H,1,4,9H2,2H3,(H,16,18)/t10-,15+/m1/s1. The van der Waals surface area contributed by atoms with Gasteiger partial charge in [-0.2, -0.15) is 0 Å². The van der Waals surface area contributed by atoms with Gasteiger partial charge in [0.15, 0.2) is 5.41 Å². The Morgan fingerprint density at radius 2 is 2.15 bits per heavy atom. The molecule has 1 aromatic carbocycles. The number of rotatable bonds is 5. The van der Waals surface area contributed by atoms with Crippen LogP contribution in [0.15, 0.2) is 36.9 Å². The molecule has 0 radical (unpaired) electrons. The van der Waals surface area contributed by atoms with Gasteiger partial charge in [0, 0.05) is 11.6 Å². The minimum Gasteiger partial charge on any atom is -0.508 e. The van der Waals surface area contributed by atoms with Crippen LogP contribution in [-0.2, 0) is 14.3 Å². The van der Waals surface area contributed by atoms with Gasteiger partial charge >= 0.3 is 5.97 Å². The number of esters is 1. The number of amides is 1. The average molecular weight is 275 g/mol.